The lowest BCUT2D eigenvalue weighted by Gasteiger charge is -2.26. The van der Waals surface area contributed by atoms with Crippen LogP contribution in [0.4, 0.5) is 5.69 Å². The summed E-state index contributed by atoms with van der Waals surface area (Å²) in [5, 5.41) is 11.5. The number of ketones is 1. The SMILES string of the molecule is COc1ccc(/C(O)=C2/C(=O)C(=O)N(c3ccc(C(=O)OCC(C)C)cc3)C2c2cccnc2)cc1C(C)(C)C. The van der Waals surface area contributed by atoms with Gasteiger partial charge in [0.25, 0.3) is 11.7 Å². The van der Waals surface area contributed by atoms with Gasteiger partial charge in [0, 0.05) is 29.2 Å². The number of anilines is 1. The van der Waals surface area contributed by atoms with E-state index in [0.29, 0.717) is 34.7 Å². The first kappa shape index (κ1) is 28.5. The zero-order valence-electron chi connectivity index (χ0n) is 23.6. The van der Waals surface area contributed by atoms with E-state index in [-0.39, 0.29) is 22.7 Å². The van der Waals surface area contributed by atoms with Crippen molar-refractivity contribution >= 4 is 29.1 Å². The van der Waals surface area contributed by atoms with Crippen LogP contribution in [0.15, 0.2) is 72.6 Å². The van der Waals surface area contributed by atoms with Gasteiger partial charge in [0.1, 0.15) is 11.5 Å². The summed E-state index contributed by atoms with van der Waals surface area (Å²) in [6.45, 7) is 10.2. The first-order chi connectivity index (χ1) is 18.9. The number of nitrogens with zero attached hydrogens (tertiary/aromatic N) is 2. The van der Waals surface area contributed by atoms with Crippen LogP contribution in [0.3, 0.4) is 0 Å². The largest absolute Gasteiger partial charge is 0.507 e. The molecular formula is C32H34N2O6. The minimum absolute atomic E-state index is 0.0524. The number of hydrogen-bond acceptors (Lipinski definition) is 7. The summed E-state index contributed by atoms with van der Waals surface area (Å²) in [5.74, 6) is -1.54. The van der Waals surface area contributed by atoms with E-state index in [0.717, 1.165) is 5.56 Å². The zero-order chi connectivity index (χ0) is 29.2. The topological polar surface area (TPSA) is 106 Å². The van der Waals surface area contributed by atoms with Crippen LogP contribution in [0.2, 0.25) is 0 Å². The highest BCUT2D eigenvalue weighted by Gasteiger charge is 2.47. The Morgan fingerprint density at radius 1 is 1.05 bits per heavy atom. The number of aliphatic hydroxyl groups excluding tert-OH is 1. The molecule has 1 aliphatic rings. The molecule has 2 aromatic carbocycles. The molecule has 0 spiro atoms. The highest BCUT2D eigenvalue weighted by Crippen LogP contribution is 2.43. The molecule has 1 fully saturated rings. The summed E-state index contributed by atoms with van der Waals surface area (Å²) < 4.78 is 10.8. The van der Waals surface area contributed by atoms with E-state index in [1.807, 2.05) is 34.6 Å². The fraction of sp³-hybridized carbons (Fsp3) is 0.312. The van der Waals surface area contributed by atoms with Crippen molar-refractivity contribution < 1.29 is 29.0 Å². The molecule has 0 bridgehead atoms. The van der Waals surface area contributed by atoms with E-state index in [1.54, 1.807) is 74.1 Å². The number of benzene rings is 2. The van der Waals surface area contributed by atoms with Crippen molar-refractivity contribution in [3.05, 3.63) is 94.8 Å². The number of Topliss-reactive ketones (excluding diaryl/α,β-unsaturated/α-hetero) is 1. The first-order valence-corrected chi connectivity index (χ1v) is 13.1. The number of methoxy groups -OCH3 is 1. The second-order valence-electron chi connectivity index (χ2n) is 11.2. The Hall–Kier alpha value is -4.46. The summed E-state index contributed by atoms with van der Waals surface area (Å²) in [6, 6.07) is 14.0. The second-order valence-corrected chi connectivity index (χ2v) is 11.2. The molecule has 1 unspecified atom stereocenters. The summed E-state index contributed by atoms with van der Waals surface area (Å²) in [5.41, 5.74) is 2.13. The van der Waals surface area contributed by atoms with Gasteiger partial charge in [-0.3, -0.25) is 19.5 Å². The van der Waals surface area contributed by atoms with Crippen LogP contribution in [-0.4, -0.2) is 41.5 Å². The van der Waals surface area contributed by atoms with E-state index >= 15 is 0 Å². The average Bonchev–Trinajstić information content (AvgIpc) is 3.21. The first-order valence-electron chi connectivity index (χ1n) is 13.1. The number of carbonyl (C=O) groups excluding carboxylic acids is 3. The molecule has 1 atom stereocenters. The molecule has 3 aromatic rings. The molecule has 208 valence electrons. The maximum absolute atomic E-state index is 13.5. The zero-order valence-corrected chi connectivity index (χ0v) is 23.6. The van der Waals surface area contributed by atoms with Crippen LogP contribution in [-0.2, 0) is 19.7 Å². The van der Waals surface area contributed by atoms with Crippen LogP contribution >= 0.6 is 0 Å². The Kier molecular flexibility index (Phi) is 8.09. The van der Waals surface area contributed by atoms with Crippen molar-refractivity contribution in [2.45, 2.75) is 46.1 Å². The van der Waals surface area contributed by atoms with Gasteiger partial charge in [-0.1, -0.05) is 40.7 Å². The maximum Gasteiger partial charge on any atom is 0.338 e. The third-order valence-corrected chi connectivity index (χ3v) is 6.65. The molecular weight excluding hydrogens is 508 g/mol. The third kappa shape index (κ3) is 5.61. The van der Waals surface area contributed by atoms with Crippen molar-refractivity contribution in [1.82, 2.24) is 4.98 Å². The van der Waals surface area contributed by atoms with Crippen LogP contribution in [0.5, 0.6) is 5.75 Å². The Morgan fingerprint density at radius 2 is 1.73 bits per heavy atom. The Bertz CT molecular complexity index is 1450. The highest BCUT2D eigenvalue weighted by molar-refractivity contribution is 6.51. The van der Waals surface area contributed by atoms with Gasteiger partial charge < -0.3 is 14.6 Å². The molecule has 0 radical (unpaired) electrons. The lowest BCUT2D eigenvalue weighted by Crippen LogP contribution is -2.29. The van der Waals surface area contributed by atoms with E-state index in [2.05, 4.69) is 4.98 Å². The lowest BCUT2D eigenvalue weighted by molar-refractivity contribution is -0.132. The molecule has 8 nitrogen and oxygen atoms in total. The van der Waals surface area contributed by atoms with Crippen molar-refractivity contribution in [2.75, 3.05) is 18.6 Å². The maximum atomic E-state index is 13.5. The smallest absolute Gasteiger partial charge is 0.338 e. The molecule has 1 saturated heterocycles. The fourth-order valence-corrected chi connectivity index (χ4v) is 4.63. The van der Waals surface area contributed by atoms with E-state index in [1.165, 1.54) is 4.90 Å². The van der Waals surface area contributed by atoms with Crippen LogP contribution in [0.1, 0.15) is 67.7 Å². The van der Waals surface area contributed by atoms with Gasteiger partial charge in [-0.25, -0.2) is 4.79 Å². The quantitative estimate of drug-likeness (QED) is 0.173. The monoisotopic (exact) mass is 542 g/mol. The minimum Gasteiger partial charge on any atom is -0.507 e. The predicted octanol–water partition coefficient (Wildman–Crippen LogP) is 5.83. The van der Waals surface area contributed by atoms with Crippen molar-refractivity contribution in [3.63, 3.8) is 0 Å². The lowest BCUT2D eigenvalue weighted by atomic mass is 9.84. The molecule has 0 saturated carbocycles. The Labute approximate surface area is 234 Å². The van der Waals surface area contributed by atoms with Gasteiger partial charge in [-0.15, -0.1) is 0 Å². The number of carbonyl (C=O) groups is 3. The Morgan fingerprint density at radius 3 is 2.30 bits per heavy atom. The number of ether oxygens (including phenoxy) is 2. The fourth-order valence-electron chi connectivity index (χ4n) is 4.63. The average molecular weight is 543 g/mol. The van der Waals surface area contributed by atoms with Gasteiger partial charge in [-0.05, 0) is 65.4 Å². The number of aromatic nitrogens is 1. The van der Waals surface area contributed by atoms with E-state index < -0.39 is 23.7 Å². The normalized spacial score (nSPS) is 16.9. The second kappa shape index (κ2) is 11.3. The van der Waals surface area contributed by atoms with Crippen LogP contribution in [0.25, 0.3) is 5.76 Å². The van der Waals surface area contributed by atoms with Gasteiger partial charge in [0.05, 0.1) is 30.9 Å². The number of esters is 1. The third-order valence-electron chi connectivity index (χ3n) is 6.65. The number of pyridine rings is 1. The molecule has 0 aliphatic carbocycles. The molecule has 1 amide bonds. The minimum atomic E-state index is -0.937. The summed E-state index contributed by atoms with van der Waals surface area (Å²) in [6.07, 6.45) is 3.15. The number of aliphatic hydroxyl groups is 1. The van der Waals surface area contributed by atoms with Crippen molar-refractivity contribution in [3.8, 4) is 5.75 Å². The van der Waals surface area contributed by atoms with Gasteiger partial charge in [0.2, 0.25) is 0 Å². The summed E-state index contributed by atoms with van der Waals surface area (Å²) in [7, 11) is 1.58. The number of hydrogen-bond donors (Lipinski definition) is 1. The summed E-state index contributed by atoms with van der Waals surface area (Å²) >= 11 is 0. The van der Waals surface area contributed by atoms with E-state index in [9.17, 15) is 19.5 Å². The van der Waals surface area contributed by atoms with Crippen molar-refractivity contribution in [1.29, 1.82) is 0 Å². The van der Waals surface area contributed by atoms with E-state index in [4.69, 9.17) is 9.47 Å². The standard InChI is InChI=1S/C32H34N2O6/c1-19(2)18-40-31(38)20-9-12-23(13-10-20)34-27(22-8-7-15-33-17-22)26(29(36)30(34)37)28(35)21-11-14-25(39-6)24(16-21)32(3,4)5/h7-17,19,27,35H,18H2,1-6H3/b28-26-. The predicted molar refractivity (Wildman–Crippen MR) is 152 cm³/mol. The molecule has 1 aromatic heterocycles. The van der Waals surface area contributed by atoms with Crippen LogP contribution in [0, 0.1) is 5.92 Å². The van der Waals surface area contributed by atoms with Gasteiger partial charge in [0.15, 0.2) is 0 Å². The molecule has 1 N–H and O–H groups in total. The molecule has 1 aliphatic heterocycles. The number of amides is 1. The van der Waals surface area contributed by atoms with Gasteiger partial charge in [-0.2, -0.15) is 0 Å². The Balaban J connectivity index is 1.82. The molecule has 8 heteroatoms. The summed E-state index contributed by atoms with van der Waals surface area (Å²) in [4.78, 5) is 44.9. The molecule has 4 rings (SSSR count). The van der Waals surface area contributed by atoms with Crippen molar-refractivity contribution in [2.24, 2.45) is 5.92 Å². The van der Waals surface area contributed by atoms with Gasteiger partial charge >= 0.3 is 5.97 Å². The molecule has 2 heterocycles. The number of rotatable bonds is 7. The highest BCUT2D eigenvalue weighted by atomic mass is 16.5. The molecule has 40 heavy (non-hydrogen) atoms. The van der Waals surface area contributed by atoms with Crippen LogP contribution < -0.4 is 9.64 Å².